The first-order valence-corrected chi connectivity index (χ1v) is 5.91. The molecule has 0 radical (unpaired) electrons. The van der Waals surface area contributed by atoms with Crippen molar-refractivity contribution >= 4 is 17.2 Å². The van der Waals surface area contributed by atoms with Crippen LogP contribution in [0.1, 0.15) is 20.1 Å². The van der Waals surface area contributed by atoms with Gasteiger partial charge >= 0.3 is 0 Å². The SMILES string of the molecule is Cc1ccc(CNC(=O)c2ccncc2F)s1. The lowest BCUT2D eigenvalue weighted by molar-refractivity contribution is 0.0947. The lowest BCUT2D eigenvalue weighted by Crippen LogP contribution is -2.23. The Balaban J connectivity index is 2.01. The number of rotatable bonds is 3. The van der Waals surface area contributed by atoms with Gasteiger partial charge in [0.05, 0.1) is 18.3 Å². The molecule has 2 heterocycles. The first-order chi connectivity index (χ1) is 8.16. The molecule has 0 aromatic carbocycles. The summed E-state index contributed by atoms with van der Waals surface area (Å²) in [6.07, 6.45) is 2.43. The lowest BCUT2D eigenvalue weighted by atomic mass is 10.2. The first-order valence-electron chi connectivity index (χ1n) is 5.10. The molecule has 2 aromatic rings. The molecule has 88 valence electrons. The standard InChI is InChI=1S/C12H11FN2OS/c1-8-2-3-9(17-8)6-15-12(16)10-4-5-14-7-11(10)13/h2-5,7H,6H2,1H3,(H,15,16). The minimum atomic E-state index is -0.604. The van der Waals surface area contributed by atoms with Crippen LogP contribution < -0.4 is 5.32 Å². The van der Waals surface area contributed by atoms with E-state index in [2.05, 4.69) is 10.3 Å². The van der Waals surface area contributed by atoms with Crippen molar-refractivity contribution in [3.8, 4) is 0 Å². The highest BCUT2D eigenvalue weighted by Crippen LogP contribution is 2.14. The summed E-state index contributed by atoms with van der Waals surface area (Å²) in [5, 5.41) is 2.67. The maximum absolute atomic E-state index is 13.2. The van der Waals surface area contributed by atoms with Crippen molar-refractivity contribution in [2.45, 2.75) is 13.5 Å². The summed E-state index contributed by atoms with van der Waals surface area (Å²) >= 11 is 1.61. The van der Waals surface area contributed by atoms with Gasteiger partial charge in [-0.3, -0.25) is 9.78 Å². The fourth-order valence-corrected chi connectivity index (χ4v) is 2.23. The van der Waals surface area contributed by atoms with Crippen LogP contribution in [-0.4, -0.2) is 10.9 Å². The Morgan fingerprint density at radius 2 is 2.29 bits per heavy atom. The second-order valence-electron chi connectivity index (χ2n) is 3.55. The number of carbonyl (C=O) groups excluding carboxylic acids is 1. The highest BCUT2D eigenvalue weighted by Gasteiger charge is 2.10. The van der Waals surface area contributed by atoms with Crippen LogP contribution in [0.25, 0.3) is 0 Å². The van der Waals surface area contributed by atoms with Crippen LogP contribution in [0, 0.1) is 12.7 Å². The van der Waals surface area contributed by atoms with Gasteiger partial charge in [-0.15, -0.1) is 11.3 Å². The van der Waals surface area contributed by atoms with Crippen LogP contribution in [-0.2, 0) is 6.54 Å². The largest absolute Gasteiger partial charge is 0.347 e. The maximum atomic E-state index is 13.2. The average molecular weight is 250 g/mol. The van der Waals surface area contributed by atoms with Crippen molar-refractivity contribution in [3.05, 3.63) is 51.7 Å². The van der Waals surface area contributed by atoms with Gasteiger partial charge < -0.3 is 5.32 Å². The molecule has 0 aliphatic carbocycles. The molecular weight excluding hydrogens is 239 g/mol. The summed E-state index contributed by atoms with van der Waals surface area (Å²) in [6.45, 7) is 2.41. The van der Waals surface area contributed by atoms with Crippen LogP contribution >= 0.6 is 11.3 Å². The molecule has 2 aromatic heterocycles. The molecule has 0 spiro atoms. The van der Waals surface area contributed by atoms with Gasteiger partial charge in [0.2, 0.25) is 0 Å². The van der Waals surface area contributed by atoms with Crippen LogP contribution in [0.4, 0.5) is 4.39 Å². The zero-order valence-corrected chi connectivity index (χ0v) is 10.1. The Kier molecular flexibility index (Phi) is 3.49. The minimum Gasteiger partial charge on any atom is -0.347 e. The molecule has 1 amide bonds. The highest BCUT2D eigenvalue weighted by atomic mass is 32.1. The van der Waals surface area contributed by atoms with E-state index in [-0.39, 0.29) is 5.56 Å². The van der Waals surface area contributed by atoms with Crippen molar-refractivity contribution in [2.24, 2.45) is 0 Å². The number of amides is 1. The van der Waals surface area contributed by atoms with E-state index in [0.717, 1.165) is 11.1 Å². The summed E-state index contributed by atoms with van der Waals surface area (Å²) in [5.41, 5.74) is 0.0216. The predicted octanol–water partition coefficient (Wildman–Crippen LogP) is 2.52. The normalized spacial score (nSPS) is 10.2. The van der Waals surface area contributed by atoms with Crippen LogP contribution in [0.15, 0.2) is 30.6 Å². The van der Waals surface area contributed by atoms with Crippen molar-refractivity contribution in [1.29, 1.82) is 0 Å². The highest BCUT2D eigenvalue weighted by molar-refractivity contribution is 7.11. The van der Waals surface area contributed by atoms with E-state index in [1.165, 1.54) is 17.1 Å². The molecule has 5 heteroatoms. The zero-order chi connectivity index (χ0) is 12.3. The van der Waals surface area contributed by atoms with Gasteiger partial charge in [-0.25, -0.2) is 4.39 Å². The number of aryl methyl sites for hydroxylation is 1. The van der Waals surface area contributed by atoms with Crippen LogP contribution in [0.2, 0.25) is 0 Å². The summed E-state index contributed by atoms with van der Waals surface area (Å²) in [4.78, 5) is 17.5. The number of nitrogens with one attached hydrogen (secondary N) is 1. The summed E-state index contributed by atoms with van der Waals surface area (Å²) in [5.74, 6) is -1.02. The number of hydrogen-bond donors (Lipinski definition) is 1. The smallest absolute Gasteiger partial charge is 0.254 e. The molecule has 0 saturated heterocycles. The molecule has 0 fully saturated rings. The maximum Gasteiger partial charge on any atom is 0.254 e. The van der Waals surface area contributed by atoms with Crippen molar-refractivity contribution in [1.82, 2.24) is 10.3 Å². The van der Waals surface area contributed by atoms with Crippen molar-refractivity contribution in [2.75, 3.05) is 0 Å². The second kappa shape index (κ2) is 5.05. The monoisotopic (exact) mass is 250 g/mol. The number of hydrogen-bond acceptors (Lipinski definition) is 3. The predicted molar refractivity (Wildman–Crippen MR) is 64.4 cm³/mol. The van der Waals surface area contributed by atoms with Crippen LogP contribution in [0.5, 0.6) is 0 Å². The molecule has 0 unspecified atom stereocenters. The van der Waals surface area contributed by atoms with Gasteiger partial charge in [-0.2, -0.15) is 0 Å². The van der Waals surface area contributed by atoms with Crippen molar-refractivity contribution < 1.29 is 9.18 Å². The molecule has 17 heavy (non-hydrogen) atoms. The van der Waals surface area contributed by atoms with Crippen LogP contribution in [0.3, 0.4) is 0 Å². The molecule has 0 bridgehead atoms. The quantitative estimate of drug-likeness (QED) is 0.909. The third-order valence-electron chi connectivity index (χ3n) is 2.24. The Bertz CT molecular complexity index is 539. The van der Waals surface area contributed by atoms with E-state index >= 15 is 0 Å². The molecule has 1 N–H and O–H groups in total. The summed E-state index contributed by atoms with van der Waals surface area (Å²) in [7, 11) is 0. The molecule has 0 saturated carbocycles. The average Bonchev–Trinajstić information content (AvgIpc) is 2.73. The van der Waals surface area contributed by atoms with Gasteiger partial charge in [0.1, 0.15) is 0 Å². The van der Waals surface area contributed by atoms with E-state index < -0.39 is 11.7 Å². The third kappa shape index (κ3) is 2.88. The Morgan fingerprint density at radius 1 is 1.47 bits per heavy atom. The molecule has 2 rings (SSSR count). The second-order valence-corrected chi connectivity index (χ2v) is 4.92. The number of halogens is 1. The number of aromatic nitrogens is 1. The number of carbonyl (C=O) groups is 1. The molecular formula is C12H11FN2OS. The summed E-state index contributed by atoms with van der Waals surface area (Å²) in [6, 6.07) is 5.30. The minimum absolute atomic E-state index is 0.0216. The molecule has 0 atom stereocenters. The van der Waals surface area contributed by atoms with Gasteiger partial charge in [-0.1, -0.05) is 0 Å². The van der Waals surface area contributed by atoms with Gasteiger partial charge in [0.15, 0.2) is 5.82 Å². The topological polar surface area (TPSA) is 42.0 Å². The number of pyridine rings is 1. The van der Waals surface area contributed by atoms with E-state index in [1.54, 1.807) is 11.3 Å². The number of nitrogens with zero attached hydrogens (tertiary/aromatic N) is 1. The summed E-state index contributed by atoms with van der Waals surface area (Å²) < 4.78 is 13.2. The van der Waals surface area contributed by atoms with E-state index in [0.29, 0.717) is 6.54 Å². The molecule has 3 nitrogen and oxygen atoms in total. The lowest BCUT2D eigenvalue weighted by Gasteiger charge is -2.03. The number of thiophene rings is 1. The Morgan fingerprint density at radius 3 is 2.94 bits per heavy atom. The van der Waals surface area contributed by atoms with Gasteiger partial charge in [0, 0.05) is 16.0 Å². The Labute approximate surface area is 102 Å². The van der Waals surface area contributed by atoms with Gasteiger partial charge in [-0.05, 0) is 25.1 Å². The van der Waals surface area contributed by atoms with E-state index in [1.807, 2.05) is 19.1 Å². The molecule has 0 aliphatic heterocycles. The molecule has 0 aliphatic rings. The van der Waals surface area contributed by atoms with E-state index in [9.17, 15) is 9.18 Å². The zero-order valence-electron chi connectivity index (χ0n) is 9.24. The third-order valence-corrected chi connectivity index (χ3v) is 3.24. The van der Waals surface area contributed by atoms with Crippen molar-refractivity contribution in [3.63, 3.8) is 0 Å². The first kappa shape index (κ1) is 11.7. The fraction of sp³-hybridized carbons (Fsp3) is 0.167. The Hall–Kier alpha value is -1.75. The van der Waals surface area contributed by atoms with Gasteiger partial charge in [0.25, 0.3) is 5.91 Å². The van der Waals surface area contributed by atoms with E-state index in [4.69, 9.17) is 0 Å². The fourth-order valence-electron chi connectivity index (χ4n) is 1.40.